The number of nitrogens with one attached hydrogen (secondary N) is 2. The molecule has 0 aliphatic carbocycles. The summed E-state index contributed by atoms with van der Waals surface area (Å²) in [5.41, 5.74) is 2.86. The Bertz CT molecular complexity index is 365. The number of hydrogen-bond donors (Lipinski definition) is 2. The highest BCUT2D eigenvalue weighted by Gasteiger charge is 2.17. The monoisotopic (exact) mass is 247 g/mol. The van der Waals surface area contributed by atoms with E-state index >= 15 is 0 Å². The number of hydrogen-bond acceptors (Lipinski definition) is 3. The Hall–Kier alpha value is -0.900. The van der Waals surface area contributed by atoms with Gasteiger partial charge in [-0.3, -0.25) is 4.90 Å². The Morgan fingerprint density at radius 1 is 1.39 bits per heavy atom. The molecule has 1 aromatic rings. The van der Waals surface area contributed by atoms with Crippen LogP contribution in [-0.2, 0) is 6.42 Å². The molecule has 0 aromatic heterocycles. The zero-order chi connectivity index (χ0) is 12.8. The first-order valence-corrected chi connectivity index (χ1v) is 6.93. The zero-order valence-electron chi connectivity index (χ0n) is 11.6. The third-order valence-electron chi connectivity index (χ3n) is 3.86. The molecule has 100 valence electrons. The highest BCUT2D eigenvalue weighted by Crippen LogP contribution is 2.07. The fraction of sp³-hybridized carbons (Fsp3) is 0.600. The van der Waals surface area contributed by atoms with Crippen molar-refractivity contribution >= 4 is 0 Å². The van der Waals surface area contributed by atoms with Gasteiger partial charge in [-0.2, -0.15) is 0 Å². The van der Waals surface area contributed by atoms with E-state index in [2.05, 4.69) is 53.8 Å². The first kappa shape index (κ1) is 13.5. The molecule has 1 atom stereocenters. The van der Waals surface area contributed by atoms with Crippen molar-refractivity contribution in [3.63, 3.8) is 0 Å². The Kier molecular flexibility index (Phi) is 5.17. The molecule has 1 aromatic carbocycles. The van der Waals surface area contributed by atoms with Crippen molar-refractivity contribution in [1.29, 1.82) is 0 Å². The first-order valence-electron chi connectivity index (χ1n) is 6.93. The van der Waals surface area contributed by atoms with Gasteiger partial charge in [-0.1, -0.05) is 24.3 Å². The average Bonchev–Trinajstić information content (AvgIpc) is 2.38. The van der Waals surface area contributed by atoms with Crippen LogP contribution in [0, 0.1) is 6.92 Å². The second-order valence-electron chi connectivity index (χ2n) is 5.22. The van der Waals surface area contributed by atoms with Crippen LogP contribution in [0.5, 0.6) is 0 Å². The summed E-state index contributed by atoms with van der Waals surface area (Å²) < 4.78 is 0. The van der Waals surface area contributed by atoms with Crippen LogP contribution in [0.1, 0.15) is 11.1 Å². The van der Waals surface area contributed by atoms with E-state index in [1.807, 2.05) is 0 Å². The van der Waals surface area contributed by atoms with E-state index in [-0.39, 0.29) is 0 Å². The van der Waals surface area contributed by atoms with E-state index in [1.165, 1.54) is 11.1 Å². The van der Waals surface area contributed by atoms with Gasteiger partial charge >= 0.3 is 0 Å². The molecule has 2 rings (SSSR count). The van der Waals surface area contributed by atoms with Crippen LogP contribution < -0.4 is 10.6 Å². The van der Waals surface area contributed by atoms with E-state index in [0.29, 0.717) is 6.04 Å². The van der Waals surface area contributed by atoms with Crippen LogP contribution in [0.15, 0.2) is 24.3 Å². The molecule has 3 nitrogen and oxygen atoms in total. The van der Waals surface area contributed by atoms with Crippen LogP contribution in [0.25, 0.3) is 0 Å². The third kappa shape index (κ3) is 3.80. The van der Waals surface area contributed by atoms with Gasteiger partial charge in [0.05, 0.1) is 0 Å². The SMILES string of the molecule is Cc1ccccc1CCNCC1CNCCN1C. The lowest BCUT2D eigenvalue weighted by atomic mass is 10.1. The summed E-state index contributed by atoms with van der Waals surface area (Å²) in [6.07, 6.45) is 1.12. The predicted molar refractivity (Wildman–Crippen MR) is 77.0 cm³/mol. The van der Waals surface area contributed by atoms with Crippen molar-refractivity contribution in [1.82, 2.24) is 15.5 Å². The molecule has 0 amide bonds. The molecule has 1 fully saturated rings. The molecular formula is C15H25N3. The Balaban J connectivity index is 1.68. The molecule has 18 heavy (non-hydrogen) atoms. The summed E-state index contributed by atoms with van der Waals surface area (Å²) in [6, 6.07) is 9.28. The van der Waals surface area contributed by atoms with Crippen molar-refractivity contribution in [2.24, 2.45) is 0 Å². The van der Waals surface area contributed by atoms with Crippen molar-refractivity contribution in [2.45, 2.75) is 19.4 Å². The minimum absolute atomic E-state index is 0.635. The van der Waals surface area contributed by atoms with E-state index in [4.69, 9.17) is 0 Å². The average molecular weight is 247 g/mol. The maximum atomic E-state index is 3.58. The fourth-order valence-corrected chi connectivity index (χ4v) is 2.47. The van der Waals surface area contributed by atoms with Gasteiger partial charge < -0.3 is 10.6 Å². The van der Waals surface area contributed by atoms with Crippen LogP contribution >= 0.6 is 0 Å². The zero-order valence-corrected chi connectivity index (χ0v) is 11.6. The Morgan fingerprint density at radius 3 is 3.00 bits per heavy atom. The van der Waals surface area contributed by atoms with E-state index in [9.17, 15) is 0 Å². The normalized spacial score (nSPS) is 21.1. The highest BCUT2D eigenvalue weighted by molar-refractivity contribution is 5.25. The molecule has 0 spiro atoms. The first-order chi connectivity index (χ1) is 8.77. The van der Waals surface area contributed by atoms with Crippen LogP contribution in [0.2, 0.25) is 0 Å². The standard InChI is InChI=1S/C15H25N3/c1-13-5-3-4-6-14(13)7-8-16-11-15-12-17-9-10-18(15)2/h3-6,15-17H,7-12H2,1-2H3. The molecule has 1 aliphatic rings. The van der Waals surface area contributed by atoms with Crippen LogP contribution in [0.3, 0.4) is 0 Å². The number of aryl methyl sites for hydroxylation is 1. The number of benzene rings is 1. The largest absolute Gasteiger partial charge is 0.315 e. The smallest absolute Gasteiger partial charge is 0.0342 e. The number of rotatable bonds is 5. The molecule has 0 bridgehead atoms. The number of nitrogens with zero attached hydrogens (tertiary/aromatic N) is 1. The lowest BCUT2D eigenvalue weighted by molar-refractivity contribution is 0.196. The lowest BCUT2D eigenvalue weighted by Crippen LogP contribution is -2.53. The lowest BCUT2D eigenvalue weighted by Gasteiger charge is -2.33. The second-order valence-corrected chi connectivity index (χ2v) is 5.22. The molecule has 1 aliphatic heterocycles. The molecular weight excluding hydrogens is 222 g/mol. The molecule has 1 saturated heterocycles. The number of likely N-dealkylation sites (N-methyl/N-ethyl adjacent to an activating group) is 1. The van der Waals surface area contributed by atoms with Crippen molar-refractivity contribution in [3.8, 4) is 0 Å². The predicted octanol–water partition coefficient (Wildman–Crippen LogP) is 1.03. The molecule has 1 unspecified atom stereocenters. The van der Waals surface area contributed by atoms with Gasteiger partial charge in [0.2, 0.25) is 0 Å². The second kappa shape index (κ2) is 6.88. The topological polar surface area (TPSA) is 27.3 Å². The molecule has 0 radical (unpaired) electrons. The molecule has 3 heteroatoms. The maximum absolute atomic E-state index is 3.58. The summed E-state index contributed by atoms with van der Waals surface area (Å²) in [5, 5.41) is 7.03. The van der Waals surface area contributed by atoms with Gasteiger partial charge in [0.25, 0.3) is 0 Å². The van der Waals surface area contributed by atoms with E-state index in [1.54, 1.807) is 0 Å². The molecule has 1 heterocycles. The Labute approximate surface area is 111 Å². The van der Waals surface area contributed by atoms with Gasteiger partial charge in [-0.15, -0.1) is 0 Å². The summed E-state index contributed by atoms with van der Waals surface area (Å²) in [5.74, 6) is 0. The van der Waals surface area contributed by atoms with Crippen molar-refractivity contribution in [2.75, 3.05) is 39.8 Å². The minimum atomic E-state index is 0.635. The van der Waals surface area contributed by atoms with Gasteiger partial charge in [0.15, 0.2) is 0 Å². The van der Waals surface area contributed by atoms with E-state index < -0.39 is 0 Å². The summed E-state index contributed by atoms with van der Waals surface area (Å²) in [4.78, 5) is 2.44. The van der Waals surface area contributed by atoms with Gasteiger partial charge in [-0.25, -0.2) is 0 Å². The van der Waals surface area contributed by atoms with Crippen molar-refractivity contribution in [3.05, 3.63) is 35.4 Å². The van der Waals surface area contributed by atoms with Crippen LogP contribution in [-0.4, -0.2) is 50.7 Å². The third-order valence-corrected chi connectivity index (χ3v) is 3.86. The van der Waals surface area contributed by atoms with Crippen LogP contribution in [0.4, 0.5) is 0 Å². The van der Waals surface area contributed by atoms with Crippen molar-refractivity contribution < 1.29 is 0 Å². The molecule has 2 N–H and O–H groups in total. The minimum Gasteiger partial charge on any atom is -0.315 e. The maximum Gasteiger partial charge on any atom is 0.0342 e. The molecule has 0 saturated carbocycles. The van der Waals surface area contributed by atoms with Gasteiger partial charge in [-0.05, 0) is 38.1 Å². The summed E-state index contributed by atoms with van der Waals surface area (Å²) in [6.45, 7) is 7.72. The van der Waals surface area contributed by atoms with Gasteiger partial charge in [0, 0.05) is 32.2 Å². The number of piperazine rings is 1. The quantitative estimate of drug-likeness (QED) is 0.761. The summed E-state index contributed by atoms with van der Waals surface area (Å²) in [7, 11) is 2.22. The Morgan fingerprint density at radius 2 is 2.22 bits per heavy atom. The fourth-order valence-electron chi connectivity index (χ4n) is 2.47. The highest BCUT2D eigenvalue weighted by atomic mass is 15.2. The summed E-state index contributed by atoms with van der Waals surface area (Å²) >= 11 is 0. The van der Waals surface area contributed by atoms with Gasteiger partial charge in [0.1, 0.15) is 0 Å². The van der Waals surface area contributed by atoms with E-state index in [0.717, 1.165) is 39.1 Å².